The van der Waals surface area contributed by atoms with Crippen LogP contribution in [0, 0.1) is 12.7 Å². The number of nitrogens with zero attached hydrogens (tertiary/aromatic N) is 3. The van der Waals surface area contributed by atoms with Crippen molar-refractivity contribution in [2.45, 2.75) is 6.92 Å². The standard InChI is InChI=1S/C15H12BrFN4O/c1-8-12-6-10(7-18-14(12)21(2)20-8)19-15(22)11-4-3-9(17)5-13(11)16/h3-7H,1-2H3,(H,19,22). The molecule has 2 heterocycles. The maximum Gasteiger partial charge on any atom is 0.256 e. The van der Waals surface area contributed by atoms with E-state index in [1.54, 1.807) is 10.9 Å². The van der Waals surface area contributed by atoms with E-state index in [4.69, 9.17) is 0 Å². The molecule has 7 heteroatoms. The van der Waals surface area contributed by atoms with Crippen LogP contribution in [-0.2, 0) is 7.05 Å². The Morgan fingerprint density at radius 2 is 2.14 bits per heavy atom. The number of benzene rings is 1. The molecule has 112 valence electrons. The van der Waals surface area contributed by atoms with E-state index < -0.39 is 5.82 Å². The fraction of sp³-hybridized carbons (Fsp3) is 0.133. The van der Waals surface area contributed by atoms with E-state index in [9.17, 15) is 9.18 Å². The van der Waals surface area contributed by atoms with E-state index in [1.807, 2.05) is 20.0 Å². The van der Waals surface area contributed by atoms with Gasteiger partial charge < -0.3 is 5.32 Å². The van der Waals surface area contributed by atoms with Gasteiger partial charge >= 0.3 is 0 Å². The molecule has 3 aromatic rings. The van der Waals surface area contributed by atoms with Crippen LogP contribution < -0.4 is 5.32 Å². The molecule has 3 rings (SSSR count). The summed E-state index contributed by atoms with van der Waals surface area (Å²) in [7, 11) is 1.82. The van der Waals surface area contributed by atoms with Crippen LogP contribution in [0.15, 0.2) is 34.9 Å². The molecule has 0 aliphatic carbocycles. The third-order valence-corrected chi connectivity index (χ3v) is 3.95. The Labute approximate surface area is 134 Å². The Bertz CT molecular complexity index is 891. The summed E-state index contributed by atoms with van der Waals surface area (Å²) in [5.41, 5.74) is 2.50. The summed E-state index contributed by atoms with van der Waals surface area (Å²) >= 11 is 3.19. The first kappa shape index (κ1) is 14.6. The van der Waals surface area contributed by atoms with Crippen LogP contribution in [0.25, 0.3) is 11.0 Å². The number of halogens is 2. The third-order valence-electron chi connectivity index (χ3n) is 3.30. The number of amides is 1. The molecule has 1 amide bonds. The van der Waals surface area contributed by atoms with Gasteiger partial charge in [-0.25, -0.2) is 9.37 Å². The van der Waals surface area contributed by atoms with Crippen LogP contribution in [0.3, 0.4) is 0 Å². The van der Waals surface area contributed by atoms with Gasteiger partial charge in [-0.2, -0.15) is 5.10 Å². The van der Waals surface area contributed by atoms with Crippen LogP contribution in [-0.4, -0.2) is 20.7 Å². The van der Waals surface area contributed by atoms with Gasteiger partial charge in [0, 0.05) is 16.9 Å². The fourth-order valence-corrected chi connectivity index (χ4v) is 2.78. The number of pyridine rings is 1. The van der Waals surface area contributed by atoms with Gasteiger partial charge in [-0.15, -0.1) is 0 Å². The number of carbonyl (C=O) groups excluding carboxylic acids is 1. The summed E-state index contributed by atoms with van der Waals surface area (Å²) in [5.74, 6) is -0.743. The van der Waals surface area contributed by atoms with Crippen molar-refractivity contribution in [2.75, 3.05) is 5.32 Å². The number of carbonyl (C=O) groups is 1. The first-order valence-corrected chi connectivity index (χ1v) is 7.31. The average Bonchev–Trinajstić information content (AvgIpc) is 2.73. The first-order valence-electron chi connectivity index (χ1n) is 6.51. The van der Waals surface area contributed by atoms with Crippen LogP contribution in [0.1, 0.15) is 16.1 Å². The Morgan fingerprint density at radius 1 is 1.36 bits per heavy atom. The Kier molecular flexibility index (Phi) is 3.66. The highest BCUT2D eigenvalue weighted by atomic mass is 79.9. The number of rotatable bonds is 2. The minimum Gasteiger partial charge on any atom is -0.321 e. The minimum atomic E-state index is -0.405. The molecular formula is C15H12BrFN4O. The van der Waals surface area contributed by atoms with Gasteiger partial charge in [0.2, 0.25) is 0 Å². The molecule has 22 heavy (non-hydrogen) atoms. The van der Waals surface area contributed by atoms with Gasteiger partial charge in [-0.3, -0.25) is 9.48 Å². The van der Waals surface area contributed by atoms with Crippen LogP contribution >= 0.6 is 15.9 Å². The molecule has 1 aromatic carbocycles. The number of hydrogen-bond donors (Lipinski definition) is 1. The highest BCUT2D eigenvalue weighted by Gasteiger charge is 2.13. The van der Waals surface area contributed by atoms with Gasteiger partial charge in [0.1, 0.15) is 5.82 Å². The normalized spacial score (nSPS) is 10.9. The van der Waals surface area contributed by atoms with E-state index in [-0.39, 0.29) is 5.91 Å². The van der Waals surface area contributed by atoms with Crippen molar-refractivity contribution >= 4 is 38.6 Å². The van der Waals surface area contributed by atoms with Crippen molar-refractivity contribution in [3.8, 4) is 0 Å². The third kappa shape index (κ3) is 2.59. The SMILES string of the molecule is Cc1nn(C)c2ncc(NC(=O)c3ccc(F)cc3Br)cc12. The van der Waals surface area contributed by atoms with Crippen molar-refractivity contribution in [3.63, 3.8) is 0 Å². The van der Waals surface area contributed by atoms with Gasteiger partial charge in [0.15, 0.2) is 5.65 Å². The van der Waals surface area contributed by atoms with E-state index >= 15 is 0 Å². The molecule has 0 atom stereocenters. The molecule has 0 bridgehead atoms. The topological polar surface area (TPSA) is 59.8 Å². The summed E-state index contributed by atoms with van der Waals surface area (Å²) in [6, 6.07) is 5.74. The predicted molar refractivity (Wildman–Crippen MR) is 85.3 cm³/mol. The monoisotopic (exact) mass is 362 g/mol. The Hall–Kier alpha value is -2.28. The maximum absolute atomic E-state index is 13.1. The van der Waals surface area contributed by atoms with Crippen molar-refractivity contribution in [3.05, 3.63) is 52.0 Å². The molecule has 0 spiro atoms. The predicted octanol–water partition coefficient (Wildman–Crippen LogP) is 3.43. The van der Waals surface area contributed by atoms with Crippen LogP contribution in [0.4, 0.5) is 10.1 Å². The molecule has 0 saturated carbocycles. The lowest BCUT2D eigenvalue weighted by atomic mass is 10.2. The molecule has 0 unspecified atom stereocenters. The summed E-state index contributed by atoms with van der Waals surface area (Å²) < 4.78 is 15.2. The zero-order valence-corrected chi connectivity index (χ0v) is 13.5. The summed E-state index contributed by atoms with van der Waals surface area (Å²) in [6.07, 6.45) is 1.57. The van der Waals surface area contributed by atoms with Crippen molar-refractivity contribution in [2.24, 2.45) is 7.05 Å². The molecule has 0 saturated heterocycles. The Balaban J connectivity index is 1.92. The second-order valence-corrected chi connectivity index (χ2v) is 5.74. The molecule has 1 N–H and O–H groups in total. The maximum atomic E-state index is 13.1. The lowest BCUT2D eigenvalue weighted by Crippen LogP contribution is -2.13. The van der Waals surface area contributed by atoms with Crippen LogP contribution in [0.5, 0.6) is 0 Å². The van der Waals surface area contributed by atoms with Gasteiger partial charge in [0.05, 0.1) is 23.1 Å². The highest BCUT2D eigenvalue weighted by Crippen LogP contribution is 2.22. The smallest absolute Gasteiger partial charge is 0.256 e. The minimum absolute atomic E-state index is 0.338. The number of aryl methyl sites for hydroxylation is 2. The van der Waals surface area contributed by atoms with E-state index in [0.717, 1.165) is 16.7 Å². The lowest BCUT2D eigenvalue weighted by molar-refractivity contribution is 0.102. The molecule has 5 nitrogen and oxygen atoms in total. The first-order chi connectivity index (χ1) is 10.5. The van der Waals surface area contributed by atoms with E-state index in [1.165, 1.54) is 18.2 Å². The van der Waals surface area contributed by atoms with Crippen molar-refractivity contribution < 1.29 is 9.18 Å². The van der Waals surface area contributed by atoms with E-state index in [2.05, 4.69) is 31.3 Å². The molecule has 0 aliphatic rings. The number of fused-ring (bicyclic) bond motifs is 1. The number of hydrogen-bond acceptors (Lipinski definition) is 3. The quantitative estimate of drug-likeness (QED) is 0.759. The molecular weight excluding hydrogens is 351 g/mol. The van der Waals surface area contributed by atoms with Crippen molar-refractivity contribution in [1.82, 2.24) is 14.8 Å². The molecule has 2 aromatic heterocycles. The average molecular weight is 363 g/mol. The van der Waals surface area contributed by atoms with Crippen molar-refractivity contribution in [1.29, 1.82) is 0 Å². The fourth-order valence-electron chi connectivity index (χ4n) is 2.25. The Morgan fingerprint density at radius 3 is 2.86 bits per heavy atom. The number of aromatic nitrogens is 3. The molecule has 0 aliphatic heterocycles. The second kappa shape index (κ2) is 5.49. The number of anilines is 1. The summed E-state index contributed by atoms with van der Waals surface area (Å²) in [5, 5.41) is 7.91. The van der Waals surface area contributed by atoms with Gasteiger partial charge in [-0.05, 0) is 47.1 Å². The van der Waals surface area contributed by atoms with Gasteiger partial charge in [-0.1, -0.05) is 0 Å². The van der Waals surface area contributed by atoms with Crippen LogP contribution in [0.2, 0.25) is 0 Å². The lowest BCUT2D eigenvalue weighted by Gasteiger charge is -2.07. The zero-order chi connectivity index (χ0) is 15.9. The summed E-state index contributed by atoms with van der Waals surface area (Å²) in [4.78, 5) is 16.6. The highest BCUT2D eigenvalue weighted by molar-refractivity contribution is 9.10. The summed E-state index contributed by atoms with van der Waals surface area (Å²) in [6.45, 7) is 1.88. The van der Waals surface area contributed by atoms with Gasteiger partial charge in [0.25, 0.3) is 5.91 Å². The zero-order valence-electron chi connectivity index (χ0n) is 11.9. The molecule has 0 radical (unpaired) electrons. The molecule has 0 fully saturated rings. The second-order valence-electron chi connectivity index (χ2n) is 4.88. The largest absolute Gasteiger partial charge is 0.321 e. The van der Waals surface area contributed by atoms with E-state index in [0.29, 0.717) is 15.7 Å². The number of nitrogens with one attached hydrogen (secondary N) is 1.